The third-order valence-electron chi connectivity index (χ3n) is 5.21. The van der Waals surface area contributed by atoms with Crippen LogP contribution in [0.3, 0.4) is 0 Å². The number of pyridine rings is 1. The van der Waals surface area contributed by atoms with Gasteiger partial charge in [0.15, 0.2) is 11.5 Å². The van der Waals surface area contributed by atoms with Gasteiger partial charge in [-0.2, -0.15) is 5.10 Å². The monoisotopic (exact) mass is 373 g/mol. The molecule has 2 aliphatic rings. The van der Waals surface area contributed by atoms with Gasteiger partial charge < -0.3 is 14.6 Å². The first kappa shape index (κ1) is 16.6. The quantitative estimate of drug-likeness (QED) is 0.751. The fourth-order valence-electron chi connectivity index (χ4n) is 3.87. The zero-order chi connectivity index (χ0) is 19.1. The number of aromatic nitrogens is 1. The third kappa shape index (κ3) is 2.57. The molecule has 0 fully saturated rings. The highest BCUT2D eigenvalue weighted by atomic mass is 16.5. The molecule has 0 saturated carbocycles. The van der Waals surface area contributed by atoms with E-state index in [9.17, 15) is 5.11 Å². The molecule has 6 nitrogen and oxygen atoms in total. The number of rotatable bonds is 3. The van der Waals surface area contributed by atoms with Crippen LogP contribution in [0.1, 0.15) is 35.4 Å². The van der Waals surface area contributed by atoms with Crippen LogP contribution in [0.4, 0.5) is 0 Å². The van der Waals surface area contributed by atoms with Crippen molar-refractivity contribution in [1.29, 1.82) is 0 Å². The summed E-state index contributed by atoms with van der Waals surface area (Å²) in [6.07, 6.45) is 3.76. The van der Waals surface area contributed by atoms with Crippen LogP contribution < -0.4 is 9.47 Å². The van der Waals surface area contributed by atoms with Gasteiger partial charge in [0.1, 0.15) is 5.75 Å². The van der Waals surface area contributed by atoms with E-state index in [0.717, 1.165) is 28.2 Å². The van der Waals surface area contributed by atoms with Gasteiger partial charge in [0.25, 0.3) is 0 Å². The highest BCUT2D eigenvalue weighted by molar-refractivity contribution is 6.04. The summed E-state index contributed by atoms with van der Waals surface area (Å²) in [5.74, 6) is 1.67. The number of phenolic OH excluding ortho intramolecular Hbond substituents is 1. The Hall–Kier alpha value is -3.54. The van der Waals surface area contributed by atoms with Gasteiger partial charge in [0.2, 0.25) is 6.23 Å². The molecule has 0 bridgehead atoms. The van der Waals surface area contributed by atoms with Crippen molar-refractivity contribution >= 4 is 5.71 Å². The molecule has 3 heterocycles. The summed E-state index contributed by atoms with van der Waals surface area (Å²) >= 11 is 0. The molecule has 140 valence electrons. The second kappa shape index (κ2) is 6.56. The first-order valence-corrected chi connectivity index (χ1v) is 9.14. The number of benzene rings is 2. The van der Waals surface area contributed by atoms with E-state index in [1.165, 1.54) is 0 Å². The van der Waals surface area contributed by atoms with Crippen molar-refractivity contribution < 1.29 is 14.6 Å². The van der Waals surface area contributed by atoms with Crippen molar-refractivity contribution in [3.63, 3.8) is 0 Å². The van der Waals surface area contributed by atoms with Gasteiger partial charge in [-0.1, -0.05) is 24.3 Å². The standard InChI is InChI=1S/C22H19N3O3/c1-27-20-8-4-6-16-18-13-17(15-5-2-3-7-19(15)26)24-25(18)22(28-21(16)20)14-9-11-23-12-10-14/h2-12,18,22,26H,13H2,1H3/t18-,22+/m0/s1. The van der Waals surface area contributed by atoms with E-state index in [1.54, 1.807) is 25.6 Å². The van der Waals surface area contributed by atoms with E-state index in [4.69, 9.17) is 14.6 Å². The average molecular weight is 373 g/mol. The van der Waals surface area contributed by atoms with Gasteiger partial charge in [-0.05, 0) is 30.3 Å². The molecule has 6 heteroatoms. The van der Waals surface area contributed by atoms with Gasteiger partial charge in [-0.25, -0.2) is 5.01 Å². The smallest absolute Gasteiger partial charge is 0.214 e. The summed E-state index contributed by atoms with van der Waals surface area (Å²) in [6, 6.07) is 17.0. The van der Waals surface area contributed by atoms with Crippen molar-refractivity contribution in [2.45, 2.75) is 18.7 Å². The van der Waals surface area contributed by atoms with Crippen LogP contribution >= 0.6 is 0 Å². The zero-order valence-corrected chi connectivity index (χ0v) is 15.3. The normalized spacial score (nSPS) is 20.0. The highest BCUT2D eigenvalue weighted by Crippen LogP contribution is 2.50. The molecule has 0 spiro atoms. The summed E-state index contributed by atoms with van der Waals surface area (Å²) in [5, 5.41) is 17.1. The second-order valence-corrected chi connectivity index (χ2v) is 6.79. The van der Waals surface area contributed by atoms with Crippen molar-refractivity contribution in [1.82, 2.24) is 9.99 Å². The van der Waals surface area contributed by atoms with Crippen LogP contribution in [-0.2, 0) is 0 Å². The summed E-state index contributed by atoms with van der Waals surface area (Å²) in [7, 11) is 1.64. The maximum absolute atomic E-state index is 10.3. The fourth-order valence-corrected chi connectivity index (χ4v) is 3.87. The average Bonchev–Trinajstić information content (AvgIpc) is 3.19. The lowest BCUT2D eigenvalue weighted by atomic mass is 9.95. The molecule has 0 aliphatic carbocycles. The molecule has 0 radical (unpaired) electrons. The largest absolute Gasteiger partial charge is 0.507 e. The van der Waals surface area contributed by atoms with Crippen LogP contribution in [0.15, 0.2) is 72.1 Å². The molecule has 1 aromatic heterocycles. The topological polar surface area (TPSA) is 67.2 Å². The number of hydrogen-bond acceptors (Lipinski definition) is 6. The molecule has 2 atom stereocenters. The summed E-state index contributed by atoms with van der Waals surface area (Å²) in [4.78, 5) is 4.11. The van der Waals surface area contributed by atoms with Crippen LogP contribution in [0, 0.1) is 0 Å². The maximum Gasteiger partial charge on any atom is 0.214 e. The zero-order valence-electron chi connectivity index (χ0n) is 15.3. The Kier molecular flexibility index (Phi) is 3.90. The second-order valence-electron chi connectivity index (χ2n) is 6.79. The number of phenols is 1. The van der Waals surface area contributed by atoms with Crippen molar-refractivity contribution in [3.8, 4) is 17.2 Å². The lowest BCUT2D eigenvalue weighted by molar-refractivity contribution is -0.0209. The van der Waals surface area contributed by atoms with Crippen molar-refractivity contribution in [2.24, 2.45) is 5.10 Å². The number of aromatic hydroxyl groups is 1. The number of hydrazone groups is 1. The molecule has 1 N–H and O–H groups in total. The van der Waals surface area contributed by atoms with Gasteiger partial charge in [0, 0.05) is 35.5 Å². The van der Waals surface area contributed by atoms with Gasteiger partial charge in [0.05, 0.1) is 18.9 Å². The number of ether oxygens (including phenoxy) is 2. The molecule has 3 aromatic rings. The van der Waals surface area contributed by atoms with E-state index < -0.39 is 6.23 Å². The van der Waals surface area contributed by atoms with Gasteiger partial charge in [-0.15, -0.1) is 0 Å². The highest BCUT2D eigenvalue weighted by Gasteiger charge is 2.42. The van der Waals surface area contributed by atoms with E-state index >= 15 is 0 Å². The lowest BCUT2D eigenvalue weighted by Gasteiger charge is -2.38. The number of nitrogens with zero attached hydrogens (tertiary/aromatic N) is 3. The minimum absolute atomic E-state index is 0.00776. The molecular weight excluding hydrogens is 354 g/mol. The predicted molar refractivity (Wildman–Crippen MR) is 104 cm³/mol. The number of fused-ring (bicyclic) bond motifs is 3. The van der Waals surface area contributed by atoms with Gasteiger partial charge in [-0.3, -0.25) is 4.98 Å². The van der Waals surface area contributed by atoms with E-state index in [2.05, 4.69) is 4.98 Å². The summed E-state index contributed by atoms with van der Waals surface area (Å²) in [5.41, 5.74) is 3.56. The predicted octanol–water partition coefficient (Wildman–Crippen LogP) is 4.04. The van der Waals surface area contributed by atoms with E-state index in [-0.39, 0.29) is 11.8 Å². The van der Waals surface area contributed by atoms with Crippen LogP contribution in [0.25, 0.3) is 0 Å². The number of para-hydroxylation sites is 2. The Balaban J connectivity index is 1.64. The third-order valence-corrected chi connectivity index (χ3v) is 5.21. The fraction of sp³-hybridized carbons (Fsp3) is 0.182. The summed E-state index contributed by atoms with van der Waals surface area (Å²) < 4.78 is 11.9. The molecule has 5 rings (SSSR count). The summed E-state index contributed by atoms with van der Waals surface area (Å²) in [6.45, 7) is 0. The van der Waals surface area contributed by atoms with Crippen LogP contribution in [-0.4, -0.2) is 27.9 Å². The molecule has 2 aromatic carbocycles. The molecule has 2 aliphatic heterocycles. The Morgan fingerprint density at radius 3 is 2.68 bits per heavy atom. The Bertz CT molecular complexity index is 1050. The Morgan fingerprint density at radius 2 is 1.89 bits per heavy atom. The molecule has 0 unspecified atom stereocenters. The van der Waals surface area contributed by atoms with Crippen molar-refractivity contribution in [2.75, 3.05) is 7.11 Å². The first-order chi connectivity index (χ1) is 13.8. The van der Waals surface area contributed by atoms with Crippen molar-refractivity contribution in [3.05, 3.63) is 83.7 Å². The van der Waals surface area contributed by atoms with E-state index in [0.29, 0.717) is 12.2 Å². The molecule has 0 amide bonds. The SMILES string of the molecule is COc1cccc2c1O[C@H](c1ccncc1)N1N=C(c3ccccc3O)C[C@@H]21. The minimum Gasteiger partial charge on any atom is -0.507 e. The molecule has 28 heavy (non-hydrogen) atoms. The number of methoxy groups -OCH3 is 1. The van der Waals surface area contributed by atoms with Crippen LogP contribution in [0.5, 0.6) is 17.2 Å². The lowest BCUT2D eigenvalue weighted by Crippen LogP contribution is -2.33. The Labute approximate surface area is 162 Å². The molecule has 0 saturated heterocycles. The van der Waals surface area contributed by atoms with E-state index in [1.807, 2.05) is 53.5 Å². The number of hydrogen-bond donors (Lipinski definition) is 1. The minimum atomic E-state index is -0.403. The maximum atomic E-state index is 10.3. The van der Waals surface area contributed by atoms with Gasteiger partial charge >= 0.3 is 0 Å². The van der Waals surface area contributed by atoms with Crippen LogP contribution in [0.2, 0.25) is 0 Å². The first-order valence-electron chi connectivity index (χ1n) is 9.14. The Morgan fingerprint density at radius 1 is 1.07 bits per heavy atom. The molecular formula is C22H19N3O3.